The van der Waals surface area contributed by atoms with Gasteiger partial charge in [-0.1, -0.05) is 31.5 Å². The second-order valence-corrected chi connectivity index (χ2v) is 6.58. The monoisotopic (exact) mass is 268 g/mol. The van der Waals surface area contributed by atoms with Crippen LogP contribution in [0.3, 0.4) is 0 Å². The molecule has 1 fully saturated rings. The summed E-state index contributed by atoms with van der Waals surface area (Å²) in [5.74, 6) is 0.930. The normalized spacial score (nSPS) is 27.1. The Morgan fingerprint density at radius 3 is 3.05 bits per heavy atom. The highest BCUT2D eigenvalue weighted by Crippen LogP contribution is 2.32. The second kappa shape index (κ2) is 4.92. The minimum atomic E-state index is 0.770. The highest BCUT2D eigenvalue weighted by atomic mass is 15.2. The van der Waals surface area contributed by atoms with E-state index in [-0.39, 0.29) is 0 Å². The summed E-state index contributed by atoms with van der Waals surface area (Å²) in [5, 5.41) is 1.45. The molecule has 2 aliphatic heterocycles. The average Bonchev–Trinajstić information content (AvgIpc) is 2.73. The zero-order chi connectivity index (χ0) is 13.5. The van der Waals surface area contributed by atoms with Gasteiger partial charge in [-0.3, -0.25) is 4.90 Å². The lowest BCUT2D eigenvalue weighted by Crippen LogP contribution is -2.44. The number of hydrogen-bond acceptors (Lipinski definition) is 1. The van der Waals surface area contributed by atoms with Gasteiger partial charge in [0.2, 0.25) is 0 Å². The maximum atomic E-state index is 3.69. The topological polar surface area (TPSA) is 19.0 Å². The number of rotatable bonds is 1. The molecule has 4 rings (SSSR count). The number of aromatic nitrogens is 1. The van der Waals surface area contributed by atoms with E-state index in [9.17, 15) is 0 Å². The quantitative estimate of drug-likeness (QED) is 0.834. The highest BCUT2D eigenvalue weighted by Gasteiger charge is 2.31. The van der Waals surface area contributed by atoms with Crippen molar-refractivity contribution in [3.63, 3.8) is 0 Å². The zero-order valence-corrected chi connectivity index (χ0v) is 12.4. The van der Waals surface area contributed by atoms with Crippen LogP contribution in [-0.4, -0.2) is 29.0 Å². The third-order valence-corrected chi connectivity index (χ3v) is 5.49. The summed E-state index contributed by atoms with van der Waals surface area (Å²) in [6.07, 6.45) is 6.59. The van der Waals surface area contributed by atoms with E-state index in [4.69, 9.17) is 0 Å². The SMILES string of the molecule is CC[C@H]1CC[C@H]2Cc3[nH]c4ccccc4c3CCN2C1. The molecule has 0 spiro atoms. The number of hydrogen-bond donors (Lipinski definition) is 1. The molecule has 20 heavy (non-hydrogen) atoms. The molecule has 2 aromatic rings. The van der Waals surface area contributed by atoms with Gasteiger partial charge in [-0.25, -0.2) is 0 Å². The molecule has 1 saturated heterocycles. The highest BCUT2D eigenvalue weighted by molar-refractivity contribution is 5.84. The first-order chi connectivity index (χ1) is 9.85. The van der Waals surface area contributed by atoms with Gasteiger partial charge in [0.25, 0.3) is 0 Å². The molecular weight excluding hydrogens is 244 g/mol. The molecule has 1 aromatic carbocycles. The van der Waals surface area contributed by atoms with E-state index in [0.717, 1.165) is 12.0 Å². The van der Waals surface area contributed by atoms with Crippen LogP contribution in [-0.2, 0) is 12.8 Å². The van der Waals surface area contributed by atoms with Gasteiger partial charge < -0.3 is 4.98 Å². The van der Waals surface area contributed by atoms with Crippen molar-refractivity contribution in [3.05, 3.63) is 35.5 Å². The molecule has 106 valence electrons. The summed E-state index contributed by atoms with van der Waals surface area (Å²) in [7, 11) is 0. The van der Waals surface area contributed by atoms with Crippen molar-refractivity contribution in [3.8, 4) is 0 Å². The number of H-pyrrole nitrogens is 1. The number of fused-ring (bicyclic) bond motifs is 4. The first kappa shape index (κ1) is 12.5. The predicted molar refractivity (Wildman–Crippen MR) is 84.1 cm³/mol. The summed E-state index contributed by atoms with van der Waals surface area (Å²) in [4.78, 5) is 6.45. The Labute approximate surface area is 121 Å². The maximum Gasteiger partial charge on any atom is 0.0458 e. The van der Waals surface area contributed by atoms with Crippen LogP contribution in [0.2, 0.25) is 0 Å². The van der Waals surface area contributed by atoms with Crippen LogP contribution in [0.15, 0.2) is 24.3 Å². The number of nitrogens with zero attached hydrogens (tertiary/aromatic N) is 1. The standard InChI is InChI=1S/C18H24N2/c1-2-13-7-8-14-11-18-16(9-10-20(14)12-13)15-5-3-4-6-17(15)19-18/h3-6,13-14,19H,2,7-12H2,1H3/t13-,14-/m0/s1. The van der Waals surface area contributed by atoms with Gasteiger partial charge in [0.1, 0.15) is 0 Å². The second-order valence-electron chi connectivity index (χ2n) is 6.58. The summed E-state index contributed by atoms with van der Waals surface area (Å²) < 4.78 is 0. The van der Waals surface area contributed by atoms with Gasteiger partial charge in [0.15, 0.2) is 0 Å². The summed E-state index contributed by atoms with van der Waals surface area (Å²) in [6, 6.07) is 9.57. The molecule has 0 saturated carbocycles. The number of para-hydroxylation sites is 1. The van der Waals surface area contributed by atoms with Crippen molar-refractivity contribution in [1.29, 1.82) is 0 Å². The molecule has 2 atom stereocenters. The molecule has 1 aromatic heterocycles. The van der Waals surface area contributed by atoms with Crippen molar-refractivity contribution in [2.24, 2.45) is 5.92 Å². The molecule has 0 amide bonds. The van der Waals surface area contributed by atoms with E-state index >= 15 is 0 Å². The van der Waals surface area contributed by atoms with E-state index < -0.39 is 0 Å². The van der Waals surface area contributed by atoms with Crippen molar-refractivity contribution in [2.75, 3.05) is 13.1 Å². The van der Waals surface area contributed by atoms with Crippen molar-refractivity contribution < 1.29 is 0 Å². The van der Waals surface area contributed by atoms with E-state index in [2.05, 4.69) is 41.1 Å². The van der Waals surface area contributed by atoms with Crippen LogP contribution in [0.25, 0.3) is 10.9 Å². The molecule has 2 heteroatoms. The van der Waals surface area contributed by atoms with Gasteiger partial charge in [0, 0.05) is 42.1 Å². The zero-order valence-electron chi connectivity index (χ0n) is 12.4. The summed E-state index contributed by atoms with van der Waals surface area (Å²) in [5.41, 5.74) is 4.42. The van der Waals surface area contributed by atoms with Gasteiger partial charge in [-0.05, 0) is 36.8 Å². The smallest absolute Gasteiger partial charge is 0.0458 e. The van der Waals surface area contributed by atoms with Crippen LogP contribution in [0.4, 0.5) is 0 Å². The Morgan fingerprint density at radius 1 is 1.25 bits per heavy atom. The number of piperidine rings is 1. The lowest BCUT2D eigenvalue weighted by molar-refractivity contribution is 0.110. The van der Waals surface area contributed by atoms with E-state index in [1.165, 1.54) is 61.8 Å². The molecule has 3 heterocycles. The fourth-order valence-corrected chi connectivity index (χ4v) is 4.23. The summed E-state index contributed by atoms with van der Waals surface area (Å²) in [6.45, 7) is 4.91. The van der Waals surface area contributed by atoms with Gasteiger partial charge in [-0.15, -0.1) is 0 Å². The lowest BCUT2D eigenvalue weighted by Gasteiger charge is -2.38. The minimum Gasteiger partial charge on any atom is -0.358 e. The average molecular weight is 268 g/mol. The Hall–Kier alpha value is -1.28. The first-order valence-electron chi connectivity index (χ1n) is 8.17. The molecule has 0 unspecified atom stereocenters. The third-order valence-electron chi connectivity index (χ3n) is 5.49. The molecule has 2 aliphatic rings. The van der Waals surface area contributed by atoms with Crippen LogP contribution in [0.5, 0.6) is 0 Å². The molecule has 0 radical (unpaired) electrons. The van der Waals surface area contributed by atoms with Crippen molar-refractivity contribution in [2.45, 2.75) is 45.1 Å². The predicted octanol–water partition coefficient (Wildman–Crippen LogP) is 3.76. The molecule has 1 N–H and O–H groups in total. The molecule has 0 bridgehead atoms. The fourth-order valence-electron chi connectivity index (χ4n) is 4.23. The Bertz CT molecular complexity index is 613. The molecule has 2 nitrogen and oxygen atoms in total. The largest absolute Gasteiger partial charge is 0.358 e. The first-order valence-corrected chi connectivity index (χ1v) is 8.17. The number of nitrogens with one attached hydrogen (secondary N) is 1. The van der Waals surface area contributed by atoms with Crippen molar-refractivity contribution in [1.82, 2.24) is 9.88 Å². The van der Waals surface area contributed by atoms with E-state index in [1.807, 2.05) is 0 Å². The van der Waals surface area contributed by atoms with Crippen LogP contribution >= 0.6 is 0 Å². The Kier molecular flexibility index (Phi) is 3.07. The van der Waals surface area contributed by atoms with E-state index in [1.54, 1.807) is 5.56 Å². The van der Waals surface area contributed by atoms with Crippen LogP contribution in [0, 0.1) is 5.92 Å². The fraction of sp³-hybridized carbons (Fsp3) is 0.556. The maximum absolute atomic E-state index is 3.69. The lowest BCUT2D eigenvalue weighted by atomic mass is 9.89. The Morgan fingerprint density at radius 2 is 2.15 bits per heavy atom. The summed E-state index contributed by atoms with van der Waals surface area (Å²) >= 11 is 0. The molecular formula is C18H24N2. The van der Waals surface area contributed by atoms with Crippen molar-refractivity contribution >= 4 is 10.9 Å². The third kappa shape index (κ3) is 1.98. The van der Waals surface area contributed by atoms with Crippen LogP contribution in [0.1, 0.15) is 37.4 Å². The minimum absolute atomic E-state index is 0.770. The van der Waals surface area contributed by atoms with Crippen LogP contribution < -0.4 is 0 Å². The number of benzene rings is 1. The van der Waals surface area contributed by atoms with Gasteiger partial charge in [0.05, 0.1) is 0 Å². The Balaban J connectivity index is 1.66. The van der Waals surface area contributed by atoms with Gasteiger partial charge in [-0.2, -0.15) is 0 Å². The molecule has 0 aliphatic carbocycles. The van der Waals surface area contributed by atoms with Gasteiger partial charge >= 0.3 is 0 Å². The number of aromatic amines is 1. The van der Waals surface area contributed by atoms with E-state index in [0.29, 0.717) is 0 Å².